The van der Waals surface area contributed by atoms with Gasteiger partial charge in [-0.1, -0.05) is 48.5 Å². The Labute approximate surface area is 218 Å². The fraction of sp³-hybridized carbons (Fsp3) is 0.333. The third kappa shape index (κ3) is 10.8. The molecule has 3 aromatic carbocycles. The number of rotatable bonds is 10. The van der Waals surface area contributed by atoms with Crippen molar-refractivity contribution in [1.82, 2.24) is 4.90 Å². The lowest BCUT2D eigenvalue weighted by Crippen LogP contribution is -2.30. The van der Waals surface area contributed by atoms with Crippen LogP contribution in [0.3, 0.4) is 0 Å². The van der Waals surface area contributed by atoms with Gasteiger partial charge in [-0.05, 0) is 63.9 Å². The maximum Gasteiger partial charge on any atom is 0.336 e. The number of halogens is 1. The van der Waals surface area contributed by atoms with Crippen molar-refractivity contribution in [3.63, 3.8) is 0 Å². The Morgan fingerprint density at radius 3 is 2.08 bits per heavy atom. The molecule has 3 rings (SSSR count). The second-order valence-electron chi connectivity index (χ2n) is 9.76. The molecule has 6 nitrogen and oxygen atoms in total. The number of benzene rings is 3. The molecule has 0 atom stereocenters. The summed E-state index contributed by atoms with van der Waals surface area (Å²) in [4.78, 5) is 25.5. The first-order valence-electron chi connectivity index (χ1n) is 12.3. The van der Waals surface area contributed by atoms with Gasteiger partial charge in [-0.25, -0.2) is 9.18 Å². The number of carboxylic acid groups (broad SMARTS) is 1. The van der Waals surface area contributed by atoms with Gasteiger partial charge in [0.15, 0.2) is 0 Å². The van der Waals surface area contributed by atoms with Crippen molar-refractivity contribution in [1.29, 1.82) is 0 Å². The molecule has 3 aromatic rings. The number of ether oxygens (including phenoxy) is 1. The van der Waals surface area contributed by atoms with Crippen LogP contribution in [0.4, 0.5) is 4.39 Å². The predicted octanol–water partition coefficient (Wildman–Crippen LogP) is 5.83. The highest BCUT2D eigenvalue weighted by atomic mass is 19.1. The van der Waals surface area contributed by atoms with Gasteiger partial charge in [0.05, 0.1) is 5.56 Å². The van der Waals surface area contributed by atoms with E-state index in [1.165, 1.54) is 6.07 Å². The zero-order valence-electron chi connectivity index (χ0n) is 22.0. The highest BCUT2D eigenvalue weighted by molar-refractivity contribution is 5.89. The highest BCUT2D eigenvalue weighted by Crippen LogP contribution is 2.18. The summed E-state index contributed by atoms with van der Waals surface area (Å²) >= 11 is 0. The molecule has 0 saturated carbocycles. The molecule has 0 heterocycles. The first-order valence-corrected chi connectivity index (χ1v) is 12.3. The highest BCUT2D eigenvalue weighted by Gasteiger charge is 2.14. The lowest BCUT2D eigenvalue weighted by Gasteiger charge is -2.21. The van der Waals surface area contributed by atoms with Gasteiger partial charge >= 0.3 is 5.97 Å². The summed E-state index contributed by atoms with van der Waals surface area (Å²) in [5, 5.41) is 9.25. The summed E-state index contributed by atoms with van der Waals surface area (Å²) in [6, 6.07) is 20.6. The van der Waals surface area contributed by atoms with Crippen LogP contribution < -0.4 is 10.5 Å². The Bertz CT molecular complexity index is 1150. The molecule has 0 fully saturated rings. The van der Waals surface area contributed by atoms with Crippen LogP contribution in [0, 0.1) is 5.82 Å². The second-order valence-corrected chi connectivity index (χ2v) is 9.76. The van der Waals surface area contributed by atoms with E-state index in [4.69, 9.17) is 10.5 Å². The van der Waals surface area contributed by atoms with Crippen molar-refractivity contribution in [2.75, 3.05) is 6.54 Å². The molecule has 1 amide bonds. The third-order valence-corrected chi connectivity index (χ3v) is 5.25. The van der Waals surface area contributed by atoms with Gasteiger partial charge in [0.2, 0.25) is 5.91 Å². The van der Waals surface area contributed by atoms with Crippen LogP contribution in [-0.2, 0) is 24.4 Å². The normalized spacial score (nSPS) is 10.8. The van der Waals surface area contributed by atoms with Crippen LogP contribution in [0.5, 0.6) is 5.75 Å². The maximum atomic E-state index is 13.9. The van der Waals surface area contributed by atoms with Crippen molar-refractivity contribution in [2.24, 2.45) is 5.73 Å². The summed E-state index contributed by atoms with van der Waals surface area (Å²) in [5.41, 5.74) is 7.67. The standard InChI is InChI=1S/C26H26FNO4.C4H11N/c1-2-28(17-20-7-4-6-10-24(20)27)25(29)16-13-19-11-14-22(15-12-19)32-18-21-8-3-5-9-23(21)26(30)31;1-4(2,3)5/h3-12,14-15H,2,13,16-18H2,1H3,(H,30,31);5H2,1-3H3. The van der Waals surface area contributed by atoms with Crippen molar-refractivity contribution in [2.45, 2.75) is 59.2 Å². The van der Waals surface area contributed by atoms with Gasteiger partial charge in [0.1, 0.15) is 18.2 Å². The summed E-state index contributed by atoms with van der Waals surface area (Å²) in [6.07, 6.45) is 0.892. The lowest BCUT2D eigenvalue weighted by molar-refractivity contribution is -0.131. The SMILES string of the molecule is CC(C)(C)N.CCN(Cc1ccccc1F)C(=O)CCc1ccc(OCc2ccccc2C(=O)O)cc1. The fourth-order valence-electron chi connectivity index (χ4n) is 3.39. The van der Waals surface area contributed by atoms with E-state index in [1.807, 2.05) is 39.8 Å². The van der Waals surface area contributed by atoms with E-state index in [2.05, 4.69) is 0 Å². The molecular formula is C30H37FN2O4. The largest absolute Gasteiger partial charge is 0.489 e. The summed E-state index contributed by atoms with van der Waals surface area (Å²) in [7, 11) is 0. The monoisotopic (exact) mass is 508 g/mol. The maximum absolute atomic E-state index is 13.9. The number of carboxylic acids is 1. The molecule has 0 saturated heterocycles. The van der Waals surface area contributed by atoms with Crippen LogP contribution in [0.2, 0.25) is 0 Å². The molecule has 0 spiro atoms. The minimum Gasteiger partial charge on any atom is -0.489 e. The molecule has 3 N–H and O–H groups in total. The van der Waals surface area contributed by atoms with Gasteiger partial charge < -0.3 is 20.5 Å². The Balaban J connectivity index is 0.000000877. The van der Waals surface area contributed by atoms with E-state index >= 15 is 0 Å². The van der Waals surface area contributed by atoms with E-state index in [9.17, 15) is 19.1 Å². The van der Waals surface area contributed by atoms with Crippen molar-refractivity contribution < 1.29 is 23.8 Å². The average Bonchev–Trinajstić information content (AvgIpc) is 2.85. The minimum absolute atomic E-state index is 0. The average molecular weight is 509 g/mol. The molecule has 0 aliphatic heterocycles. The van der Waals surface area contributed by atoms with Crippen LogP contribution in [-0.4, -0.2) is 34.0 Å². The quantitative estimate of drug-likeness (QED) is 0.360. The number of nitrogens with zero attached hydrogens (tertiary/aromatic N) is 1. The molecule has 0 aliphatic rings. The third-order valence-electron chi connectivity index (χ3n) is 5.25. The van der Waals surface area contributed by atoms with Gasteiger partial charge in [-0.2, -0.15) is 0 Å². The van der Waals surface area contributed by atoms with Gasteiger partial charge in [0, 0.05) is 36.2 Å². The number of aryl methyl sites for hydroxylation is 1. The first kappa shape index (κ1) is 29.5. The van der Waals surface area contributed by atoms with Crippen LogP contribution in [0.25, 0.3) is 0 Å². The second kappa shape index (κ2) is 14.1. The van der Waals surface area contributed by atoms with Gasteiger partial charge in [0.25, 0.3) is 0 Å². The van der Waals surface area contributed by atoms with Gasteiger partial charge in [-0.3, -0.25) is 4.79 Å². The molecule has 0 radical (unpaired) electrons. The van der Waals surface area contributed by atoms with Crippen LogP contribution in [0.15, 0.2) is 72.8 Å². The van der Waals surface area contributed by atoms with E-state index in [0.29, 0.717) is 36.3 Å². The Morgan fingerprint density at radius 1 is 0.946 bits per heavy atom. The zero-order valence-corrected chi connectivity index (χ0v) is 22.0. The summed E-state index contributed by atoms with van der Waals surface area (Å²) in [5.74, 6) is -0.697. The topological polar surface area (TPSA) is 92.9 Å². The first-order chi connectivity index (χ1) is 17.5. The Kier molecular flexibility index (Phi) is 11.3. The number of amides is 1. The summed E-state index contributed by atoms with van der Waals surface area (Å²) in [6.45, 7) is 8.70. The number of aromatic carboxylic acids is 1. The van der Waals surface area contributed by atoms with Gasteiger partial charge in [-0.15, -0.1) is 0 Å². The van der Waals surface area contributed by atoms with E-state index in [-0.39, 0.29) is 36.0 Å². The zero-order chi connectivity index (χ0) is 27.4. The summed E-state index contributed by atoms with van der Waals surface area (Å²) < 4.78 is 19.6. The van der Waals surface area contributed by atoms with E-state index < -0.39 is 5.97 Å². The lowest BCUT2D eigenvalue weighted by atomic mass is 10.1. The molecule has 198 valence electrons. The van der Waals surface area contributed by atoms with Crippen molar-refractivity contribution in [3.8, 4) is 5.75 Å². The number of hydrogen-bond acceptors (Lipinski definition) is 4. The van der Waals surface area contributed by atoms with E-state index in [1.54, 1.807) is 59.5 Å². The molecule has 0 unspecified atom stereocenters. The molecular weight excluding hydrogens is 471 g/mol. The minimum atomic E-state index is -0.986. The molecule has 0 bridgehead atoms. The number of carbonyl (C=O) groups excluding carboxylic acids is 1. The Morgan fingerprint density at radius 2 is 1.51 bits per heavy atom. The fourth-order valence-corrected chi connectivity index (χ4v) is 3.39. The number of hydrogen-bond donors (Lipinski definition) is 2. The molecule has 0 aromatic heterocycles. The van der Waals surface area contributed by atoms with Crippen molar-refractivity contribution >= 4 is 11.9 Å². The molecule has 0 aliphatic carbocycles. The van der Waals surface area contributed by atoms with Crippen molar-refractivity contribution in [3.05, 3.63) is 101 Å². The number of nitrogens with two attached hydrogens (primary N) is 1. The smallest absolute Gasteiger partial charge is 0.336 e. The van der Waals surface area contributed by atoms with Crippen LogP contribution in [0.1, 0.15) is 61.2 Å². The van der Waals surface area contributed by atoms with E-state index in [0.717, 1.165) is 5.56 Å². The Hall–Kier alpha value is -3.71. The predicted molar refractivity (Wildman–Crippen MR) is 144 cm³/mol. The number of carbonyl (C=O) groups is 2. The molecule has 7 heteroatoms. The molecule has 37 heavy (non-hydrogen) atoms. The van der Waals surface area contributed by atoms with Crippen LogP contribution >= 0.6 is 0 Å².